The van der Waals surface area contributed by atoms with E-state index in [4.69, 9.17) is 11.1 Å². The van der Waals surface area contributed by atoms with E-state index in [1.807, 2.05) is 6.92 Å². The normalized spacial score (nSPS) is 21.1. The molecule has 1 atom stereocenters. The molecule has 28 heavy (non-hydrogen) atoms. The van der Waals surface area contributed by atoms with Gasteiger partial charge in [0.15, 0.2) is 0 Å². The monoisotopic (exact) mass is 392 g/mol. The van der Waals surface area contributed by atoms with E-state index in [0.717, 1.165) is 19.1 Å². The van der Waals surface area contributed by atoms with E-state index >= 15 is 0 Å². The summed E-state index contributed by atoms with van der Waals surface area (Å²) < 4.78 is 42.0. The average molecular weight is 392 g/mol. The number of allylic oxidation sites excluding steroid dienone is 2. The lowest BCUT2D eigenvalue weighted by Gasteiger charge is -2.32. The zero-order valence-corrected chi connectivity index (χ0v) is 15.9. The van der Waals surface area contributed by atoms with Crippen LogP contribution in [0.1, 0.15) is 39.2 Å². The first-order valence-corrected chi connectivity index (χ1v) is 8.82. The summed E-state index contributed by atoms with van der Waals surface area (Å²) in [6.45, 7) is 4.11. The molecule has 8 heteroatoms. The second-order valence-corrected chi connectivity index (χ2v) is 6.68. The molecule has 1 aromatic carbocycles. The highest BCUT2D eigenvalue weighted by molar-refractivity contribution is 6.20. The van der Waals surface area contributed by atoms with E-state index in [9.17, 15) is 18.0 Å². The number of benzene rings is 1. The molecule has 1 amide bonds. The van der Waals surface area contributed by atoms with Gasteiger partial charge in [0.25, 0.3) is 5.92 Å². The number of anilines is 1. The largest absolute Gasteiger partial charge is 0.398 e. The SMILES string of the molecule is CC/C=C/N=C1\NC(=O)CC(C(C)(F)F)\C1=C(\C)C(=N)c1ccc(F)cc1N. The molecule has 1 saturated heterocycles. The van der Waals surface area contributed by atoms with Gasteiger partial charge < -0.3 is 11.1 Å². The molecule has 1 unspecified atom stereocenters. The second-order valence-electron chi connectivity index (χ2n) is 6.68. The number of amidine groups is 1. The molecule has 1 aliphatic rings. The Morgan fingerprint density at radius 1 is 1.46 bits per heavy atom. The minimum atomic E-state index is -3.21. The number of nitrogen functional groups attached to an aromatic ring is 1. The lowest BCUT2D eigenvalue weighted by molar-refractivity contribution is -0.124. The number of nitrogens with two attached hydrogens (primary N) is 1. The first kappa shape index (κ1) is 21.4. The Kier molecular flexibility index (Phi) is 6.43. The predicted octanol–water partition coefficient (Wildman–Crippen LogP) is 4.21. The van der Waals surface area contributed by atoms with E-state index in [1.54, 1.807) is 6.08 Å². The summed E-state index contributed by atoms with van der Waals surface area (Å²) in [4.78, 5) is 16.1. The van der Waals surface area contributed by atoms with Crippen molar-refractivity contribution in [3.05, 3.63) is 53.0 Å². The van der Waals surface area contributed by atoms with Crippen LogP contribution < -0.4 is 11.1 Å². The molecule has 150 valence electrons. The lowest BCUT2D eigenvalue weighted by atomic mass is 9.81. The van der Waals surface area contributed by atoms with E-state index < -0.39 is 30.0 Å². The molecule has 0 aromatic heterocycles. The number of halogens is 3. The Balaban J connectivity index is 2.65. The second kappa shape index (κ2) is 8.41. The molecule has 0 saturated carbocycles. The Morgan fingerprint density at radius 3 is 2.71 bits per heavy atom. The molecule has 4 N–H and O–H groups in total. The molecule has 0 spiro atoms. The zero-order chi connectivity index (χ0) is 21.1. The van der Waals surface area contributed by atoms with Crippen molar-refractivity contribution in [2.75, 3.05) is 5.73 Å². The van der Waals surface area contributed by atoms with Gasteiger partial charge in [-0.15, -0.1) is 0 Å². The van der Waals surface area contributed by atoms with Gasteiger partial charge in [0.1, 0.15) is 11.7 Å². The van der Waals surface area contributed by atoms with Gasteiger partial charge in [0.05, 0.1) is 11.6 Å². The summed E-state index contributed by atoms with van der Waals surface area (Å²) in [5.74, 6) is -5.81. The van der Waals surface area contributed by atoms with Gasteiger partial charge in [0, 0.05) is 29.4 Å². The van der Waals surface area contributed by atoms with Gasteiger partial charge in [-0.25, -0.2) is 18.2 Å². The summed E-state index contributed by atoms with van der Waals surface area (Å²) in [5, 5.41) is 11.0. The minimum absolute atomic E-state index is 0.0181. The van der Waals surface area contributed by atoms with Crippen LogP contribution >= 0.6 is 0 Å². The van der Waals surface area contributed by atoms with Gasteiger partial charge >= 0.3 is 0 Å². The molecule has 0 radical (unpaired) electrons. The van der Waals surface area contributed by atoms with Gasteiger partial charge in [-0.2, -0.15) is 0 Å². The number of nitrogens with one attached hydrogen (secondary N) is 2. The van der Waals surface area contributed by atoms with Crippen LogP contribution in [0.3, 0.4) is 0 Å². The van der Waals surface area contributed by atoms with Gasteiger partial charge in [-0.05, 0) is 44.0 Å². The highest BCUT2D eigenvalue weighted by atomic mass is 19.3. The third-order valence-corrected chi connectivity index (χ3v) is 4.47. The predicted molar refractivity (Wildman–Crippen MR) is 104 cm³/mol. The average Bonchev–Trinajstić information content (AvgIpc) is 2.59. The Morgan fingerprint density at radius 2 is 2.14 bits per heavy atom. The van der Waals surface area contributed by atoms with Crippen LogP contribution in [0.15, 0.2) is 46.6 Å². The van der Waals surface area contributed by atoms with Crippen molar-refractivity contribution in [1.29, 1.82) is 5.41 Å². The number of piperidine rings is 1. The van der Waals surface area contributed by atoms with Crippen LogP contribution in [0.4, 0.5) is 18.9 Å². The Hall–Kier alpha value is -2.90. The highest BCUT2D eigenvalue weighted by Crippen LogP contribution is 2.38. The van der Waals surface area contributed by atoms with Gasteiger partial charge in [-0.3, -0.25) is 10.2 Å². The number of nitrogens with zero attached hydrogens (tertiary/aromatic N) is 1. The number of amides is 1. The van der Waals surface area contributed by atoms with E-state index in [2.05, 4.69) is 10.3 Å². The van der Waals surface area contributed by atoms with E-state index in [-0.39, 0.29) is 33.9 Å². The fourth-order valence-corrected chi connectivity index (χ4v) is 3.01. The fraction of sp³-hybridized carbons (Fsp3) is 0.350. The number of rotatable bonds is 5. The van der Waals surface area contributed by atoms with Crippen LogP contribution in [0.25, 0.3) is 0 Å². The van der Waals surface area contributed by atoms with Crippen molar-refractivity contribution in [3.63, 3.8) is 0 Å². The maximum absolute atomic E-state index is 14.3. The third kappa shape index (κ3) is 4.68. The smallest absolute Gasteiger partial charge is 0.252 e. The first-order chi connectivity index (χ1) is 13.1. The van der Waals surface area contributed by atoms with Crippen LogP contribution in [-0.2, 0) is 4.79 Å². The van der Waals surface area contributed by atoms with Gasteiger partial charge in [0.2, 0.25) is 5.91 Å². The molecule has 1 aliphatic heterocycles. The molecule has 5 nitrogen and oxygen atoms in total. The lowest BCUT2D eigenvalue weighted by Crippen LogP contribution is -2.46. The minimum Gasteiger partial charge on any atom is -0.398 e. The summed E-state index contributed by atoms with van der Waals surface area (Å²) in [6, 6.07) is 3.53. The van der Waals surface area contributed by atoms with Crippen LogP contribution in [0, 0.1) is 17.1 Å². The Labute approximate surface area is 161 Å². The van der Waals surface area contributed by atoms with Crippen molar-refractivity contribution in [2.24, 2.45) is 10.9 Å². The standard InChI is InChI=1S/C20H23F3N4O/c1-4-5-8-26-19-17(14(20(3,22)23)10-16(28)27-19)11(2)18(25)13-7-6-12(21)9-15(13)24/h5-9,14,25H,4,10,24H2,1-3H3,(H,26,27,28)/b8-5+,17-11+,25-18?. The molecule has 1 aromatic rings. The molecule has 1 fully saturated rings. The molecular formula is C20H23F3N4O. The summed E-state index contributed by atoms with van der Waals surface area (Å²) >= 11 is 0. The van der Waals surface area contributed by atoms with Crippen LogP contribution in [0.2, 0.25) is 0 Å². The number of carbonyl (C=O) groups is 1. The van der Waals surface area contributed by atoms with Crippen molar-refractivity contribution in [1.82, 2.24) is 5.32 Å². The van der Waals surface area contributed by atoms with E-state index in [1.165, 1.54) is 19.2 Å². The highest BCUT2D eigenvalue weighted by Gasteiger charge is 2.44. The molecule has 0 bridgehead atoms. The third-order valence-electron chi connectivity index (χ3n) is 4.47. The molecule has 2 rings (SSSR count). The van der Waals surface area contributed by atoms with Crippen LogP contribution in [0.5, 0.6) is 0 Å². The van der Waals surface area contributed by atoms with Crippen molar-refractivity contribution >= 4 is 23.1 Å². The van der Waals surface area contributed by atoms with Gasteiger partial charge in [-0.1, -0.05) is 13.0 Å². The topological polar surface area (TPSA) is 91.3 Å². The van der Waals surface area contributed by atoms with Crippen LogP contribution in [-0.4, -0.2) is 23.4 Å². The number of alkyl halides is 2. The van der Waals surface area contributed by atoms with Crippen molar-refractivity contribution in [2.45, 2.75) is 39.5 Å². The number of hydrogen-bond donors (Lipinski definition) is 3. The maximum Gasteiger partial charge on any atom is 0.252 e. The molecular weight excluding hydrogens is 369 g/mol. The number of carbonyl (C=O) groups excluding carboxylic acids is 1. The summed E-state index contributed by atoms with van der Waals surface area (Å²) in [6.07, 6.45) is 3.38. The summed E-state index contributed by atoms with van der Waals surface area (Å²) in [7, 11) is 0. The van der Waals surface area contributed by atoms with Crippen molar-refractivity contribution < 1.29 is 18.0 Å². The van der Waals surface area contributed by atoms with E-state index in [0.29, 0.717) is 6.42 Å². The quantitative estimate of drug-likeness (QED) is 0.517. The Bertz CT molecular complexity index is 882. The number of hydrogen-bond acceptors (Lipinski definition) is 4. The first-order valence-electron chi connectivity index (χ1n) is 8.82. The fourth-order valence-electron chi connectivity index (χ4n) is 3.01. The maximum atomic E-state index is 14.3. The summed E-state index contributed by atoms with van der Waals surface area (Å²) in [5.41, 5.74) is 6.16. The molecule has 1 heterocycles. The van der Waals surface area contributed by atoms with Crippen molar-refractivity contribution in [3.8, 4) is 0 Å². The zero-order valence-electron chi connectivity index (χ0n) is 15.9. The number of aliphatic imine (C=N–C) groups is 1. The molecule has 0 aliphatic carbocycles.